The highest BCUT2D eigenvalue weighted by Crippen LogP contribution is 2.52. The van der Waals surface area contributed by atoms with Crippen LogP contribution >= 0.6 is 15.9 Å². The summed E-state index contributed by atoms with van der Waals surface area (Å²) in [5.74, 6) is 1.93. The standard InChI is InChI=1S/C16H17BrN2/c1-3-15-9(2)19-12-6-10(7-12)13-5-4-11(17)8-14(13)16(19)18-15/h4-5,8,10,12H,3,6-7H2,1-2H3. The third-order valence-electron chi connectivity index (χ3n) is 4.76. The van der Waals surface area contributed by atoms with Crippen LogP contribution in [-0.2, 0) is 6.42 Å². The summed E-state index contributed by atoms with van der Waals surface area (Å²) >= 11 is 3.61. The van der Waals surface area contributed by atoms with Crippen LogP contribution in [0.2, 0.25) is 0 Å². The number of hydrogen-bond acceptors (Lipinski definition) is 1. The van der Waals surface area contributed by atoms with Gasteiger partial charge in [-0.3, -0.25) is 0 Å². The van der Waals surface area contributed by atoms with Crippen LogP contribution in [0.15, 0.2) is 22.7 Å². The quantitative estimate of drug-likeness (QED) is 0.751. The number of rotatable bonds is 1. The third-order valence-corrected chi connectivity index (χ3v) is 5.25. The van der Waals surface area contributed by atoms with Crippen molar-refractivity contribution in [2.75, 3.05) is 0 Å². The lowest BCUT2D eigenvalue weighted by molar-refractivity contribution is 0.271. The van der Waals surface area contributed by atoms with Crippen molar-refractivity contribution < 1.29 is 0 Å². The van der Waals surface area contributed by atoms with Crippen molar-refractivity contribution in [3.8, 4) is 11.4 Å². The predicted octanol–water partition coefficient (Wildman–Crippen LogP) is 4.62. The minimum Gasteiger partial charge on any atom is -0.325 e. The second-order valence-corrected chi connectivity index (χ2v) is 6.66. The second kappa shape index (κ2) is 3.95. The van der Waals surface area contributed by atoms with Crippen LogP contribution in [-0.4, -0.2) is 9.55 Å². The molecule has 19 heavy (non-hydrogen) atoms. The SMILES string of the molecule is CCc1nc2n(c1C)C1CC(C1)c1ccc(Br)cc1-2. The lowest BCUT2D eigenvalue weighted by Crippen LogP contribution is -2.23. The van der Waals surface area contributed by atoms with E-state index in [-0.39, 0.29) is 0 Å². The maximum atomic E-state index is 4.93. The van der Waals surface area contributed by atoms with E-state index < -0.39 is 0 Å². The predicted molar refractivity (Wildman–Crippen MR) is 80.5 cm³/mol. The van der Waals surface area contributed by atoms with Crippen LogP contribution in [0.1, 0.15) is 48.7 Å². The Hall–Kier alpha value is -1.09. The van der Waals surface area contributed by atoms with Crippen LogP contribution in [0.3, 0.4) is 0 Å². The van der Waals surface area contributed by atoms with Gasteiger partial charge in [-0.2, -0.15) is 0 Å². The third kappa shape index (κ3) is 1.51. The topological polar surface area (TPSA) is 17.8 Å². The molecule has 1 aromatic heterocycles. The molecule has 0 spiro atoms. The summed E-state index contributed by atoms with van der Waals surface area (Å²) in [6.45, 7) is 4.42. The van der Waals surface area contributed by atoms with Crippen LogP contribution in [0, 0.1) is 6.92 Å². The highest BCUT2D eigenvalue weighted by Gasteiger charge is 2.39. The Bertz CT molecular complexity index is 666. The van der Waals surface area contributed by atoms with Crippen molar-refractivity contribution in [3.63, 3.8) is 0 Å². The zero-order chi connectivity index (χ0) is 13.1. The summed E-state index contributed by atoms with van der Waals surface area (Å²) < 4.78 is 3.64. The van der Waals surface area contributed by atoms with Gasteiger partial charge in [0.1, 0.15) is 5.82 Å². The minimum atomic E-state index is 0.666. The van der Waals surface area contributed by atoms with Crippen LogP contribution < -0.4 is 0 Å². The van der Waals surface area contributed by atoms with Crippen molar-refractivity contribution >= 4 is 15.9 Å². The number of imidazole rings is 1. The molecule has 0 N–H and O–H groups in total. The molecule has 2 aromatic rings. The molecule has 0 saturated heterocycles. The molecule has 0 unspecified atom stereocenters. The lowest BCUT2D eigenvalue weighted by Gasteiger charge is -2.35. The molecule has 3 heteroatoms. The Labute approximate surface area is 122 Å². The molecular weight excluding hydrogens is 300 g/mol. The fourth-order valence-corrected chi connectivity index (χ4v) is 4.02. The number of nitrogens with zero attached hydrogens (tertiary/aromatic N) is 2. The van der Waals surface area contributed by atoms with Crippen LogP contribution in [0.25, 0.3) is 11.4 Å². The van der Waals surface area contributed by atoms with E-state index in [4.69, 9.17) is 4.98 Å². The lowest BCUT2D eigenvalue weighted by atomic mass is 9.75. The Morgan fingerprint density at radius 1 is 1.37 bits per heavy atom. The van der Waals surface area contributed by atoms with Gasteiger partial charge in [0.2, 0.25) is 0 Å². The van der Waals surface area contributed by atoms with Crippen molar-refractivity contribution in [2.45, 2.75) is 45.1 Å². The van der Waals surface area contributed by atoms with Gasteiger partial charge >= 0.3 is 0 Å². The van der Waals surface area contributed by atoms with E-state index in [2.05, 4.69) is 52.5 Å². The second-order valence-electron chi connectivity index (χ2n) is 5.74. The first kappa shape index (κ1) is 11.7. The Morgan fingerprint density at radius 3 is 2.89 bits per heavy atom. The maximum absolute atomic E-state index is 4.93. The molecule has 2 aliphatic heterocycles. The van der Waals surface area contributed by atoms with Gasteiger partial charge in [0.05, 0.1) is 5.69 Å². The van der Waals surface area contributed by atoms with Gasteiger partial charge in [0, 0.05) is 21.8 Å². The van der Waals surface area contributed by atoms with E-state index in [0.29, 0.717) is 6.04 Å². The van der Waals surface area contributed by atoms with E-state index in [9.17, 15) is 0 Å². The van der Waals surface area contributed by atoms with E-state index in [0.717, 1.165) is 16.8 Å². The molecule has 1 saturated carbocycles. The van der Waals surface area contributed by atoms with Gasteiger partial charge in [-0.1, -0.05) is 28.9 Å². The summed E-state index contributed by atoms with van der Waals surface area (Å²) in [4.78, 5) is 4.93. The fraction of sp³-hybridized carbons (Fsp3) is 0.438. The average molecular weight is 317 g/mol. The summed E-state index contributed by atoms with van der Waals surface area (Å²) in [5.41, 5.74) is 5.45. The molecular formula is C16H17BrN2. The van der Waals surface area contributed by atoms with Gasteiger partial charge in [0.25, 0.3) is 0 Å². The first-order chi connectivity index (χ1) is 9.19. The first-order valence-electron chi connectivity index (χ1n) is 7.06. The van der Waals surface area contributed by atoms with Gasteiger partial charge < -0.3 is 4.57 Å². The molecule has 98 valence electrons. The molecule has 2 nitrogen and oxygen atoms in total. The fourth-order valence-electron chi connectivity index (χ4n) is 3.66. The molecule has 3 heterocycles. The van der Waals surface area contributed by atoms with E-state index in [1.807, 2.05) is 0 Å². The number of aryl methyl sites for hydroxylation is 1. The van der Waals surface area contributed by atoms with E-state index >= 15 is 0 Å². The Morgan fingerprint density at radius 2 is 2.16 bits per heavy atom. The normalized spacial score (nSPS) is 23.3. The average Bonchev–Trinajstić information content (AvgIpc) is 2.53. The number of benzene rings is 1. The summed E-state index contributed by atoms with van der Waals surface area (Å²) in [5, 5.41) is 0. The van der Waals surface area contributed by atoms with Crippen LogP contribution in [0.4, 0.5) is 0 Å². The van der Waals surface area contributed by atoms with Crippen molar-refractivity contribution in [1.82, 2.24) is 9.55 Å². The summed E-state index contributed by atoms with van der Waals surface area (Å²) in [6.07, 6.45) is 3.58. The molecule has 1 aliphatic carbocycles. The molecule has 5 rings (SSSR count). The van der Waals surface area contributed by atoms with E-state index in [1.165, 1.54) is 41.2 Å². The first-order valence-corrected chi connectivity index (χ1v) is 7.85. The zero-order valence-corrected chi connectivity index (χ0v) is 12.9. The molecule has 2 bridgehead atoms. The molecule has 0 amide bonds. The molecule has 0 atom stereocenters. The van der Waals surface area contributed by atoms with Crippen LogP contribution in [0.5, 0.6) is 0 Å². The number of halogens is 1. The molecule has 3 aliphatic rings. The molecule has 0 radical (unpaired) electrons. The van der Waals surface area contributed by atoms with Crippen molar-refractivity contribution in [1.29, 1.82) is 0 Å². The van der Waals surface area contributed by atoms with Gasteiger partial charge in [-0.05, 0) is 49.8 Å². The molecule has 1 aromatic carbocycles. The zero-order valence-electron chi connectivity index (χ0n) is 11.3. The monoisotopic (exact) mass is 316 g/mol. The van der Waals surface area contributed by atoms with Crippen molar-refractivity contribution in [2.24, 2.45) is 0 Å². The summed E-state index contributed by atoms with van der Waals surface area (Å²) in [7, 11) is 0. The highest BCUT2D eigenvalue weighted by molar-refractivity contribution is 9.10. The van der Waals surface area contributed by atoms with Gasteiger partial charge in [-0.25, -0.2) is 4.98 Å². The highest BCUT2D eigenvalue weighted by atomic mass is 79.9. The Kier molecular flexibility index (Phi) is 2.44. The van der Waals surface area contributed by atoms with Crippen molar-refractivity contribution in [3.05, 3.63) is 39.6 Å². The van der Waals surface area contributed by atoms with Gasteiger partial charge in [0.15, 0.2) is 0 Å². The Balaban J connectivity index is 2.04. The molecule has 1 fully saturated rings. The van der Waals surface area contributed by atoms with E-state index in [1.54, 1.807) is 0 Å². The maximum Gasteiger partial charge on any atom is 0.141 e. The smallest absolute Gasteiger partial charge is 0.141 e. The summed E-state index contributed by atoms with van der Waals surface area (Å²) in [6, 6.07) is 7.36. The largest absolute Gasteiger partial charge is 0.325 e. The number of aromatic nitrogens is 2. The number of hydrogen-bond donors (Lipinski definition) is 0. The minimum absolute atomic E-state index is 0.666. The van der Waals surface area contributed by atoms with Gasteiger partial charge in [-0.15, -0.1) is 0 Å².